The van der Waals surface area contributed by atoms with E-state index in [0.29, 0.717) is 16.6 Å². The van der Waals surface area contributed by atoms with E-state index in [1.165, 1.54) is 18.2 Å². The molecule has 0 aliphatic carbocycles. The molecule has 1 fully saturated rings. The summed E-state index contributed by atoms with van der Waals surface area (Å²) in [6, 6.07) is 7.68. The third-order valence-electron chi connectivity index (χ3n) is 3.95. The molecule has 0 atom stereocenters. The minimum absolute atomic E-state index is 0.0752. The number of nitrogens with one attached hydrogen (secondary N) is 1. The van der Waals surface area contributed by atoms with Gasteiger partial charge in [0.1, 0.15) is 5.57 Å². The molecule has 2 aromatic carbocycles. The first-order valence-electron chi connectivity index (χ1n) is 8.25. The summed E-state index contributed by atoms with van der Waals surface area (Å²) in [6.07, 6.45) is 1.37. The minimum atomic E-state index is -0.666. The number of phenols is 1. The Morgan fingerprint density at radius 3 is 2.72 bits per heavy atom. The molecule has 6 nitrogen and oxygen atoms in total. The fourth-order valence-electron chi connectivity index (χ4n) is 2.64. The van der Waals surface area contributed by atoms with Crippen LogP contribution in [0.5, 0.6) is 11.5 Å². The molecular formula is C19H13BrCl2N2O4S. The first kappa shape index (κ1) is 21.6. The van der Waals surface area contributed by atoms with Gasteiger partial charge in [-0.15, -0.1) is 0 Å². The maximum absolute atomic E-state index is 13.1. The summed E-state index contributed by atoms with van der Waals surface area (Å²) in [5, 5.41) is 12.7. The van der Waals surface area contributed by atoms with E-state index in [1.54, 1.807) is 25.1 Å². The van der Waals surface area contributed by atoms with Crippen LogP contribution < -0.4 is 15.0 Å². The molecule has 2 aromatic rings. The molecular weight excluding hydrogens is 503 g/mol. The van der Waals surface area contributed by atoms with Crippen LogP contribution in [0.15, 0.2) is 40.4 Å². The van der Waals surface area contributed by atoms with Crippen LogP contribution in [0.25, 0.3) is 6.08 Å². The second-order valence-electron chi connectivity index (χ2n) is 5.81. The monoisotopic (exact) mass is 514 g/mol. The minimum Gasteiger partial charge on any atom is -0.504 e. The van der Waals surface area contributed by atoms with Crippen LogP contribution >= 0.6 is 51.3 Å². The van der Waals surface area contributed by atoms with Gasteiger partial charge in [-0.2, -0.15) is 0 Å². The molecule has 0 saturated carbocycles. The lowest BCUT2D eigenvalue weighted by atomic mass is 10.1. The van der Waals surface area contributed by atoms with Crippen molar-refractivity contribution in [3.05, 3.63) is 56.0 Å². The van der Waals surface area contributed by atoms with Crippen molar-refractivity contribution >= 4 is 80.0 Å². The SMILES string of the molecule is CCOc1cc(/C=C2\C(=O)NC(=S)N(c3cccc(Cl)c3Cl)C2=O)c(Br)cc1O. The van der Waals surface area contributed by atoms with Crippen molar-refractivity contribution in [1.82, 2.24) is 5.32 Å². The van der Waals surface area contributed by atoms with Crippen LogP contribution in [0.1, 0.15) is 12.5 Å². The Labute approximate surface area is 190 Å². The average Bonchev–Trinajstić information content (AvgIpc) is 2.65. The number of phenolic OH excluding ortho intramolecular Hbond substituents is 1. The summed E-state index contributed by atoms with van der Waals surface area (Å²) in [7, 11) is 0. The fraction of sp³-hybridized carbons (Fsp3) is 0.105. The normalized spacial score (nSPS) is 15.7. The highest BCUT2D eigenvalue weighted by molar-refractivity contribution is 9.10. The average molecular weight is 516 g/mol. The molecule has 1 aliphatic rings. The summed E-state index contributed by atoms with van der Waals surface area (Å²) in [5.74, 6) is -1.18. The standard InChI is InChI=1S/C19H13BrCl2N2O4S/c1-2-28-15-7-9(11(20)8-14(15)25)6-10-17(26)23-19(29)24(18(10)27)13-5-3-4-12(21)16(13)22/h3-8,25H,2H2,1H3,(H,23,26,29)/b10-6+. The largest absolute Gasteiger partial charge is 0.504 e. The number of halogens is 3. The van der Waals surface area contributed by atoms with Crippen LogP contribution in [-0.4, -0.2) is 28.6 Å². The number of hydrogen-bond donors (Lipinski definition) is 2. The Kier molecular flexibility index (Phi) is 6.48. The van der Waals surface area contributed by atoms with Gasteiger partial charge in [0.25, 0.3) is 11.8 Å². The number of nitrogens with zero attached hydrogens (tertiary/aromatic N) is 1. The second kappa shape index (κ2) is 8.71. The molecule has 0 bridgehead atoms. The van der Waals surface area contributed by atoms with Gasteiger partial charge in [-0.1, -0.05) is 45.2 Å². The Bertz CT molecular complexity index is 1070. The van der Waals surface area contributed by atoms with Gasteiger partial charge < -0.3 is 9.84 Å². The first-order valence-corrected chi connectivity index (χ1v) is 10.2. The highest BCUT2D eigenvalue weighted by Gasteiger charge is 2.35. The molecule has 150 valence electrons. The lowest BCUT2D eigenvalue weighted by molar-refractivity contribution is -0.122. The third kappa shape index (κ3) is 4.25. The van der Waals surface area contributed by atoms with Gasteiger partial charge in [0.05, 0.1) is 22.3 Å². The number of ether oxygens (including phenoxy) is 1. The number of anilines is 1. The Hall–Kier alpha value is -2.13. The Balaban J connectivity index is 2.09. The van der Waals surface area contributed by atoms with Crippen molar-refractivity contribution in [1.29, 1.82) is 0 Å². The molecule has 2 amide bonds. The van der Waals surface area contributed by atoms with Crippen molar-refractivity contribution < 1.29 is 19.4 Å². The van der Waals surface area contributed by atoms with Crippen molar-refractivity contribution in [2.45, 2.75) is 6.92 Å². The quantitative estimate of drug-likeness (QED) is 0.351. The van der Waals surface area contributed by atoms with Gasteiger partial charge in [0, 0.05) is 4.47 Å². The van der Waals surface area contributed by atoms with Crippen LogP contribution in [0.2, 0.25) is 10.0 Å². The number of amides is 2. The van der Waals surface area contributed by atoms with Crippen molar-refractivity contribution in [3.8, 4) is 11.5 Å². The predicted octanol–water partition coefficient (Wildman–Crippen LogP) is 4.69. The van der Waals surface area contributed by atoms with Gasteiger partial charge in [-0.05, 0) is 55.0 Å². The molecule has 3 rings (SSSR count). The lowest BCUT2D eigenvalue weighted by Gasteiger charge is -2.29. The molecule has 10 heteroatoms. The van der Waals surface area contributed by atoms with Crippen molar-refractivity contribution in [2.24, 2.45) is 0 Å². The van der Waals surface area contributed by atoms with E-state index >= 15 is 0 Å². The molecule has 0 aromatic heterocycles. The Morgan fingerprint density at radius 1 is 1.31 bits per heavy atom. The van der Waals surface area contributed by atoms with E-state index in [1.807, 2.05) is 0 Å². The zero-order valence-electron chi connectivity index (χ0n) is 14.8. The van der Waals surface area contributed by atoms with Crippen molar-refractivity contribution in [3.63, 3.8) is 0 Å². The van der Waals surface area contributed by atoms with Crippen LogP contribution in [0.4, 0.5) is 5.69 Å². The van der Waals surface area contributed by atoms with E-state index in [2.05, 4.69) is 21.2 Å². The smallest absolute Gasteiger partial charge is 0.270 e. The molecule has 1 saturated heterocycles. The zero-order valence-corrected chi connectivity index (χ0v) is 18.7. The van der Waals surface area contributed by atoms with E-state index in [0.717, 1.165) is 4.90 Å². The maximum atomic E-state index is 13.1. The van der Waals surface area contributed by atoms with Crippen molar-refractivity contribution in [2.75, 3.05) is 11.5 Å². The maximum Gasteiger partial charge on any atom is 0.270 e. The van der Waals surface area contributed by atoms with Gasteiger partial charge in [0.2, 0.25) is 0 Å². The van der Waals surface area contributed by atoms with Gasteiger partial charge >= 0.3 is 0 Å². The number of thiocarbonyl (C=S) groups is 1. The molecule has 0 unspecified atom stereocenters. The molecule has 29 heavy (non-hydrogen) atoms. The predicted molar refractivity (Wildman–Crippen MR) is 120 cm³/mol. The fourth-order valence-corrected chi connectivity index (χ4v) is 3.74. The summed E-state index contributed by atoms with van der Waals surface area (Å²) in [5.41, 5.74) is 0.526. The topological polar surface area (TPSA) is 78.9 Å². The van der Waals surface area contributed by atoms with E-state index in [-0.39, 0.29) is 37.9 Å². The lowest BCUT2D eigenvalue weighted by Crippen LogP contribution is -2.54. The first-order chi connectivity index (χ1) is 13.7. The van der Waals surface area contributed by atoms with E-state index < -0.39 is 11.8 Å². The number of carbonyl (C=O) groups is 2. The molecule has 1 aliphatic heterocycles. The summed E-state index contributed by atoms with van der Waals surface area (Å²) in [6.45, 7) is 2.10. The van der Waals surface area contributed by atoms with Gasteiger partial charge in [-0.3, -0.25) is 19.8 Å². The molecule has 0 spiro atoms. The summed E-state index contributed by atoms with van der Waals surface area (Å²) in [4.78, 5) is 26.7. The summed E-state index contributed by atoms with van der Waals surface area (Å²) >= 11 is 20.8. The van der Waals surface area contributed by atoms with Crippen LogP contribution in [-0.2, 0) is 9.59 Å². The highest BCUT2D eigenvalue weighted by Crippen LogP contribution is 2.36. The second-order valence-corrected chi connectivity index (χ2v) is 7.83. The highest BCUT2D eigenvalue weighted by atomic mass is 79.9. The molecule has 2 N–H and O–H groups in total. The number of rotatable bonds is 4. The van der Waals surface area contributed by atoms with Gasteiger partial charge in [-0.25, -0.2) is 0 Å². The van der Waals surface area contributed by atoms with Crippen LogP contribution in [0, 0.1) is 0 Å². The van der Waals surface area contributed by atoms with Crippen LogP contribution in [0.3, 0.4) is 0 Å². The molecule has 0 radical (unpaired) electrons. The van der Waals surface area contributed by atoms with E-state index in [9.17, 15) is 14.7 Å². The Morgan fingerprint density at radius 2 is 2.03 bits per heavy atom. The van der Waals surface area contributed by atoms with Gasteiger partial charge in [0.15, 0.2) is 16.6 Å². The number of hydrogen-bond acceptors (Lipinski definition) is 5. The molecule has 1 heterocycles. The zero-order chi connectivity index (χ0) is 21.3. The van der Waals surface area contributed by atoms with E-state index in [4.69, 9.17) is 40.2 Å². The third-order valence-corrected chi connectivity index (χ3v) is 5.73. The number of carbonyl (C=O) groups excluding carboxylic acids is 2. The summed E-state index contributed by atoms with van der Waals surface area (Å²) < 4.78 is 5.83. The number of aromatic hydroxyl groups is 1. The number of benzene rings is 2.